The monoisotopic (exact) mass is 140 g/mol. The number of rotatable bonds is 2. The first kappa shape index (κ1) is 8.50. The summed E-state index contributed by atoms with van der Waals surface area (Å²) in [7, 11) is 0. The first-order valence-corrected chi connectivity index (χ1v) is 2.52. The van der Waals surface area contributed by atoms with Crippen LogP contribution < -0.4 is 10.2 Å². The number of carboxylic acid groups (broad SMARTS) is 2. The Morgan fingerprint density at radius 1 is 1.30 bits per heavy atom. The van der Waals surface area contributed by atoms with Crippen LogP contribution in [0.1, 0.15) is 12.8 Å². The lowest BCUT2D eigenvalue weighted by Crippen LogP contribution is -2.21. The maximum absolute atomic E-state index is 9.70. The molecule has 0 saturated heterocycles. The molecule has 0 amide bonds. The summed E-state index contributed by atoms with van der Waals surface area (Å²) in [5.41, 5.74) is 0. The zero-order valence-electron chi connectivity index (χ0n) is 5.05. The highest BCUT2D eigenvalue weighted by molar-refractivity contribution is 5.84. The molecule has 0 aromatic carbocycles. The first-order valence-electron chi connectivity index (χ1n) is 2.52. The zero-order valence-corrected chi connectivity index (χ0v) is 5.05. The van der Waals surface area contributed by atoms with Gasteiger partial charge in [-0.3, -0.25) is 0 Å². The van der Waals surface area contributed by atoms with Crippen LogP contribution in [0.25, 0.3) is 0 Å². The Balaban J connectivity index is 3.48. The molecule has 54 valence electrons. The molecule has 0 spiro atoms. The van der Waals surface area contributed by atoms with E-state index in [1.807, 2.05) is 0 Å². The van der Waals surface area contributed by atoms with Crippen LogP contribution in [-0.2, 0) is 9.59 Å². The number of aliphatic carboxylic acids is 2. The highest BCUT2D eigenvalue weighted by Crippen LogP contribution is 1.81. The third-order valence-corrected chi connectivity index (χ3v) is 0.645. The molecule has 0 aromatic heterocycles. The largest absolute Gasteiger partial charge is 0.550 e. The molecule has 0 bridgehead atoms. The normalized spacial score (nSPS) is 7.60. The fourth-order valence-corrected chi connectivity index (χ4v) is 0.299. The summed E-state index contributed by atoms with van der Waals surface area (Å²) < 4.78 is 0. The Labute approximate surface area is 57.5 Å². The summed E-state index contributed by atoms with van der Waals surface area (Å²) >= 11 is 0. The molecule has 0 unspecified atom stereocenters. The number of hydrogen-bond donors (Lipinski definition) is 0. The summed E-state index contributed by atoms with van der Waals surface area (Å²) in [6.07, 6.45) is -0.267. The predicted molar refractivity (Wildman–Crippen MR) is 27.0 cm³/mol. The van der Waals surface area contributed by atoms with Gasteiger partial charge in [-0.1, -0.05) is 5.92 Å². The van der Waals surface area contributed by atoms with Crippen LogP contribution in [0.15, 0.2) is 0 Å². The average molecular weight is 140 g/mol. The lowest BCUT2D eigenvalue weighted by molar-refractivity contribution is -0.305. The van der Waals surface area contributed by atoms with Crippen LogP contribution in [-0.4, -0.2) is 11.9 Å². The number of carbonyl (C=O) groups excluding carboxylic acids is 2. The minimum Gasteiger partial charge on any atom is -0.550 e. The van der Waals surface area contributed by atoms with Crippen LogP contribution in [0.3, 0.4) is 0 Å². The standard InChI is InChI=1S/C6H6O4/c7-5(8)3-1-2-4-6(9)10/h1,3H2,(H,7,8)(H,9,10)/p-2. The second-order valence-corrected chi connectivity index (χ2v) is 1.46. The summed E-state index contributed by atoms with van der Waals surface area (Å²) in [5, 5.41) is 19.3. The number of carbonyl (C=O) groups is 2. The molecule has 10 heavy (non-hydrogen) atoms. The van der Waals surface area contributed by atoms with Gasteiger partial charge in [0.25, 0.3) is 0 Å². The van der Waals surface area contributed by atoms with E-state index in [0.717, 1.165) is 0 Å². The van der Waals surface area contributed by atoms with Gasteiger partial charge in [0.1, 0.15) is 5.97 Å². The summed E-state index contributed by atoms with van der Waals surface area (Å²) in [5.74, 6) is 1.00. The zero-order chi connectivity index (χ0) is 7.98. The third kappa shape index (κ3) is 6.50. The van der Waals surface area contributed by atoms with Crippen LogP contribution in [0.4, 0.5) is 0 Å². The Hall–Kier alpha value is -1.50. The van der Waals surface area contributed by atoms with E-state index in [0.29, 0.717) is 0 Å². The van der Waals surface area contributed by atoms with E-state index in [4.69, 9.17) is 0 Å². The van der Waals surface area contributed by atoms with Crippen molar-refractivity contribution in [3.8, 4) is 11.8 Å². The highest BCUT2D eigenvalue weighted by atomic mass is 16.4. The van der Waals surface area contributed by atoms with Crippen molar-refractivity contribution in [2.75, 3.05) is 0 Å². The smallest absolute Gasteiger partial charge is 0.116 e. The molecular formula is C6H4O4-2. The van der Waals surface area contributed by atoms with Crippen molar-refractivity contribution in [1.29, 1.82) is 0 Å². The predicted octanol–water partition coefficient (Wildman–Crippen LogP) is -2.73. The van der Waals surface area contributed by atoms with Crippen LogP contribution in [0.5, 0.6) is 0 Å². The van der Waals surface area contributed by atoms with Gasteiger partial charge in [0.2, 0.25) is 0 Å². The van der Waals surface area contributed by atoms with Crippen molar-refractivity contribution >= 4 is 11.9 Å². The molecule has 0 fully saturated rings. The molecule has 0 N–H and O–H groups in total. The molecule has 0 aliphatic heterocycles. The molecular weight excluding hydrogens is 136 g/mol. The Morgan fingerprint density at radius 3 is 2.30 bits per heavy atom. The fourth-order valence-electron chi connectivity index (χ4n) is 0.299. The van der Waals surface area contributed by atoms with Crippen molar-refractivity contribution < 1.29 is 19.8 Å². The fraction of sp³-hybridized carbons (Fsp3) is 0.333. The van der Waals surface area contributed by atoms with Gasteiger partial charge in [-0.15, -0.1) is 0 Å². The van der Waals surface area contributed by atoms with E-state index < -0.39 is 11.9 Å². The minimum atomic E-state index is -1.50. The van der Waals surface area contributed by atoms with Crippen LogP contribution >= 0.6 is 0 Å². The molecule has 0 rings (SSSR count). The van der Waals surface area contributed by atoms with Gasteiger partial charge >= 0.3 is 0 Å². The number of carboxylic acids is 2. The molecule has 4 nitrogen and oxygen atoms in total. The molecule has 0 atom stereocenters. The van der Waals surface area contributed by atoms with Crippen molar-refractivity contribution in [2.45, 2.75) is 12.8 Å². The van der Waals surface area contributed by atoms with E-state index in [-0.39, 0.29) is 12.8 Å². The summed E-state index contributed by atoms with van der Waals surface area (Å²) in [6, 6.07) is 0. The maximum atomic E-state index is 9.70. The van der Waals surface area contributed by atoms with Gasteiger partial charge in [0, 0.05) is 12.4 Å². The third-order valence-electron chi connectivity index (χ3n) is 0.645. The van der Waals surface area contributed by atoms with E-state index in [1.54, 1.807) is 5.92 Å². The van der Waals surface area contributed by atoms with Gasteiger partial charge in [0.05, 0.1) is 0 Å². The minimum absolute atomic E-state index is 0.0175. The molecule has 0 aromatic rings. The van der Waals surface area contributed by atoms with Crippen molar-refractivity contribution in [3.05, 3.63) is 0 Å². The average Bonchev–Trinajstić information content (AvgIpc) is 1.79. The molecule has 0 saturated carbocycles. The first-order chi connectivity index (χ1) is 4.63. The topological polar surface area (TPSA) is 80.3 Å². The second-order valence-electron chi connectivity index (χ2n) is 1.46. The van der Waals surface area contributed by atoms with E-state index in [9.17, 15) is 19.8 Å². The van der Waals surface area contributed by atoms with E-state index >= 15 is 0 Å². The molecule has 4 heteroatoms. The Kier molecular flexibility index (Phi) is 3.73. The summed E-state index contributed by atoms with van der Waals surface area (Å²) in [6.45, 7) is 0. The molecule has 0 aliphatic rings. The Bertz CT molecular complexity index is 196. The van der Waals surface area contributed by atoms with Gasteiger partial charge in [-0.05, 0) is 12.3 Å². The van der Waals surface area contributed by atoms with Gasteiger partial charge < -0.3 is 19.8 Å². The maximum Gasteiger partial charge on any atom is 0.116 e. The van der Waals surface area contributed by atoms with Crippen molar-refractivity contribution in [3.63, 3.8) is 0 Å². The Morgan fingerprint density at radius 2 is 1.90 bits per heavy atom. The van der Waals surface area contributed by atoms with Gasteiger partial charge in [-0.2, -0.15) is 0 Å². The summed E-state index contributed by atoms with van der Waals surface area (Å²) in [4.78, 5) is 19.3. The van der Waals surface area contributed by atoms with E-state index in [2.05, 4.69) is 5.92 Å². The second kappa shape index (κ2) is 4.39. The van der Waals surface area contributed by atoms with Crippen LogP contribution in [0.2, 0.25) is 0 Å². The molecule has 0 radical (unpaired) electrons. The van der Waals surface area contributed by atoms with E-state index in [1.165, 1.54) is 0 Å². The van der Waals surface area contributed by atoms with Crippen LogP contribution in [0, 0.1) is 11.8 Å². The van der Waals surface area contributed by atoms with Gasteiger partial charge in [0.15, 0.2) is 0 Å². The van der Waals surface area contributed by atoms with Crippen molar-refractivity contribution in [1.82, 2.24) is 0 Å². The quantitative estimate of drug-likeness (QED) is 0.390. The van der Waals surface area contributed by atoms with Gasteiger partial charge in [-0.25, -0.2) is 0 Å². The molecule has 0 heterocycles. The molecule has 0 aliphatic carbocycles. The SMILES string of the molecule is O=C([O-])C#CCCC(=O)[O-]. The lowest BCUT2D eigenvalue weighted by atomic mass is 10.3. The highest BCUT2D eigenvalue weighted by Gasteiger charge is 1.80. The van der Waals surface area contributed by atoms with Crippen molar-refractivity contribution in [2.24, 2.45) is 0 Å². The lowest BCUT2D eigenvalue weighted by Gasteiger charge is -1.93. The number of hydrogen-bond acceptors (Lipinski definition) is 4.